The predicted octanol–water partition coefficient (Wildman–Crippen LogP) is 4.82. The molecule has 0 aliphatic carbocycles. The maximum atomic E-state index is 13.7. The standard InChI is InChI=1S/C27H21ClN4O3S/c28-21-7-8-22-20(13-21)14-24(33)23(12-18-2-1-9-29-15-18)32(26(22)35)16-17-3-5-19(6-4-17)25(34)31-27-30-10-11-36-27/h1-11,13,15,23H,12,14,16H2,(H,30,31,34)/t23-/m1/s1. The highest BCUT2D eigenvalue weighted by atomic mass is 35.5. The number of Topliss-reactive ketones (excluding diaryl/α,β-unsaturated/α-hetero) is 1. The van der Waals surface area contributed by atoms with Crippen molar-refractivity contribution in [2.24, 2.45) is 0 Å². The summed E-state index contributed by atoms with van der Waals surface area (Å²) in [5.41, 5.74) is 3.24. The minimum Gasteiger partial charge on any atom is -0.324 e. The van der Waals surface area contributed by atoms with E-state index in [1.807, 2.05) is 12.1 Å². The third-order valence-corrected chi connectivity index (χ3v) is 6.97. The van der Waals surface area contributed by atoms with Gasteiger partial charge in [0.25, 0.3) is 11.8 Å². The molecule has 0 spiro atoms. The van der Waals surface area contributed by atoms with Crippen LogP contribution in [-0.2, 0) is 24.2 Å². The molecule has 4 aromatic rings. The molecule has 1 atom stereocenters. The van der Waals surface area contributed by atoms with Crippen LogP contribution < -0.4 is 5.32 Å². The Morgan fingerprint density at radius 2 is 1.92 bits per heavy atom. The summed E-state index contributed by atoms with van der Waals surface area (Å²) in [4.78, 5) is 49.5. The van der Waals surface area contributed by atoms with Crippen LogP contribution in [0.5, 0.6) is 0 Å². The van der Waals surface area contributed by atoms with Gasteiger partial charge < -0.3 is 4.90 Å². The van der Waals surface area contributed by atoms with Gasteiger partial charge in [-0.2, -0.15) is 0 Å². The molecule has 1 aliphatic heterocycles. The zero-order chi connectivity index (χ0) is 25.1. The lowest BCUT2D eigenvalue weighted by atomic mass is 9.98. The van der Waals surface area contributed by atoms with Crippen LogP contribution in [0.1, 0.15) is 37.4 Å². The normalized spacial score (nSPS) is 15.4. The van der Waals surface area contributed by atoms with Crippen LogP contribution in [-0.4, -0.2) is 38.5 Å². The molecule has 180 valence electrons. The van der Waals surface area contributed by atoms with Gasteiger partial charge in [0, 0.05) is 59.5 Å². The largest absolute Gasteiger partial charge is 0.324 e. The number of carbonyl (C=O) groups excluding carboxylic acids is 3. The molecule has 7 nitrogen and oxygen atoms in total. The fraction of sp³-hybridized carbons (Fsp3) is 0.148. The van der Waals surface area contributed by atoms with E-state index in [-0.39, 0.29) is 30.6 Å². The zero-order valence-electron chi connectivity index (χ0n) is 19.1. The minimum atomic E-state index is -0.666. The smallest absolute Gasteiger partial charge is 0.257 e. The number of nitrogens with zero attached hydrogens (tertiary/aromatic N) is 3. The van der Waals surface area contributed by atoms with Crippen LogP contribution >= 0.6 is 22.9 Å². The van der Waals surface area contributed by atoms with Crippen LogP contribution in [0, 0.1) is 0 Å². The van der Waals surface area contributed by atoms with Crippen LogP contribution in [0.4, 0.5) is 5.13 Å². The number of nitrogens with one attached hydrogen (secondary N) is 1. The van der Waals surface area contributed by atoms with Crippen molar-refractivity contribution in [1.29, 1.82) is 0 Å². The Kier molecular flexibility index (Phi) is 6.88. The Hall–Kier alpha value is -3.88. The van der Waals surface area contributed by atoms with Crippen LogP contribution in [0.2, 0.25) is 5.02 Å². The molecule has 2 aromatic carbocycles. The van der Waals surface area contributed by atoms with Gasteiger partial charge in [0.05, 0.1) is 6.04 Å². The Morgan fingerprint density at radius 3 is 2.64 bits per heavy atom. The highest BCUT2D eigenvalue weighted by Crippen LogP contribution is 2.27. The first-order valence-corrected chi connectivity index (χ1v) is 12.5. The highest BCUT2D eigenvalue weighted by molar-refractivity contribution is 7.13. The van der Waals surface area contributed by atoms with E-state index in [0.29, 0.717) is 33.3 Å². The van der Waals surface area contributed by atoms with Gasteiger partial charge in [-0.25, -0.2) is 4.98 Å². The number of fused-ring (bicyclic) bond motifs is 1. The van der Waals surface area contributed by atoms with Crippen molar-refractivity contribution in [2.45, 2.75) is 25.4 Å². The summed E-state index contributed by atoms with van der Waals surface area (Å²) in [6.07, 6.45) is 5.48. The van der Waals surface area contributed by atoms with Crippen LogP contribution in [0.3, 0.4) is 0 Å². The minimum absolute atomic E-state index is 0.0623. The number of anilines is 1. The number of pyridine rings is 1. The number of hydrogen-bond donors (Lipinski definition) is 1. The van der Waals surface area contributed by atoms with E-state index in [1.165, 1.54) is 11.3 Å². The maximum Gasteiger partial charge on any atom is 0.257 e. The SMILES string of the molecule is O=C(Nc1nccs1)c1ccc(CN2C(=O)c3ccc(Cl)cc3CC(=O)[C@H]2Cc2cccnc2)cc1. The second kappa shape index (κ2) is 10.4. The van der Waals surface area contributed by atoms with Crippen molar-refractivity contribution in [3.8, 4) is 0 Å². The summed E-state index contributed by atoms with van der Waals surface area (Å²) in [6, 6.07) is 15.1. The topological polar surface area (TPSA) is 92.3 Å². The molecule has 36 heavy (non-hydrogen) atoms. The highest BCUT2D eigenvalue weighted by Gasteiger charge is 2.35. The number of aromatic nitrogens is 2. The molecule has 0 saturated heterocycles. The molecule has 2 aromatic heterocycles. The van der Waals surface area contributed by atoms with E-state index in [0.717, 1.165) is 11.1 Å². The molecule has 0 fully saturated rings. The van der Waals surface area contributed by atoms with Crippen molar-refractivity contribution in [1.82, 2.24) is 14.9 Å². The molecule has 3 heterocycles. The first-order chi connectivity index (χ1) is 17.5. The molecule has 5 rings (SSSR count). The van der Waals surface area contributed by atoms with Gasteiger partial charge in [0.1, 0.15) is 0 Å². The van der Waals surface area contributed by atoms with Crippen molar-refractivity contribution in [3.05, 3.63) is 111 Å². The van der Waals surface area contributed by atoms with E-state index in [2.05, 4.69) is 15.3 Å². The maximum absolute atomic E-state index is 13.7. The van der Waals surface area contributed by atoms with Gasteiger partial charge in [0.15, 0.2) is 10.9 Å². The molecule has 9 heteroatoms. The second-order valence-electron chi connectivity index (χ2n) is 8.45. The summed E-state index contributed by atoms with van der Waals surface area (Å²) in [6.45, 7) is 0.214. The van der Waals surface area contributed by atoms with Crippen LogP contribution in [0.25, 0.3) is 0 Å². The Bertz CT molecular complexity index is 1410. The van der Waals surface area contributed by atoms with Gasteiger partial charge in [0.2, 0.25) is 0 Å². The molecular formula is C27H21ClN4O3S. The molecule has 0 radical (unpaired) electrons. The number of rotatable bonds is 6. The van der Waals surface area contributed by atoms with E-state index in [9.17, 15) is 14.4 Å². The summed E-state index contributed by atoms with van der Waals surface area (Å²) in [5, 5.41) is 5.54. The molecule has 1 aliphatic rings. The van der Waals surface area contributed by atoms with Gasteiger partial charge >= 0.3 is 0 Å². The summed E-state index contributed by atoms with van der Waals surface area (Å²) >= 11 is 7.50. The molecule has 0 saturated carbocycles. The molecule has 2 amide bonds. The van der Waals surface area contributed by atoms with Gasteiger partial charge in [-0.1, -0.05) is 29.8 Å². The first kappa shape index (κ1) is 23.8. The Labute approximate surface area is 216 Å². The van der Waals surface area contributed by atoms with E-state index >= 15 is 0 Å². The third-order valence-electron chi connectivity index (χ3n) is 6.04. The Morgan fingerprint density at radius 1 is 1.08 bits per heavy atom. The number of thiazole rings is 1. The van der Waals surface area contributed by atoms with E-state index < -0.39 is 6.04 Å². The fourth-order valence-electron chi connectivity index (χ4n) is 4.25. The van der Waals surface area contributed by atoms with Crippen molar-refractivity contribution >= 4 is 45.7 Å². The van der Waals surface area contributed by atoms with Crippen LogP contribution in [0.15, 0.2) is 78.6 Å². The third kappa shape index (κ3) is 5.19. The molecule has 0 unspecified atom stereocenters. The number of carbonyl (C=O) groups is 3. The summed E-state index contributed by atoms with van der Waals surface area (Å²) in [7, 11) is 0. The average Bonchev–Trinajstić information content (AvgIpc) is 3.37. The second-order valence-corrected chi connectivity index (χ2v) is 9.78. The Balaban J connectivity index is 1.43. The number of benzene rings is 2. The molecule has 0 bridgehead atoms. The zero-order valence-corrected chi connectivity index (χ0v) is 20.6. The number of amides is 2. The first-order valence-electron chi connectivity index (χ1n) is 11.3. The lowest BCUT2D eigenvalue weighted by Crippen LogP contribution is -2.44. The average molecular weight is 517 g/mol. The van der Waals surface area contributed by atoms with E-state index in [4.69, 9.17) is 11.6 Å². The lowest BCUT2D eigenvalue weighted by molar-refractivity contribution is -0.122. The van der Waals surface area contributed by atoms with Gasteiger partial charge in [-0.05, 0) is 53.1 Å². The summed E-state index contributed by atoms with van der Waals surface area (Å²) < 4.78 is 0. The number of halogens is 1. The number of hydrogen-bond acceptors (Lipinski definition) is 6. The summed E-state index contributed by atoms with van der Waals surface area (Å²) in [5.74, 6) is -0.558. The van der Waals surface area contributed by atoms with Gasteiger partial charge in [-0.15, -0.1) is 11.3 Å². The predicted molar refractivity (Wildman–Crippen MR) is 138 cm³/mol. The lowest BCUT2D eigenvalue weighted by Gasteiger charge is -2.29. The quantitative estimate of drug-likeness (QED) is 0.396. The molecular weight excluding hydrogens is 496 g/mol. The molecule has 1 N–H and O–H groups in total. The fourth-order valence-corrected chi connectivity index (χ4v) is 4.97. The van der Waals surface area contributed by atoms with Crippen molar-refractivity contribution in [2.75, 3.05) is 5.32 Å². The van der Waals surface area contributed by atoms with Gasteiger partial charge in [-0.3, -0.25) is 24.7 Å². The number of ketones is 1. The van der Waals surface area contributed by atoms with Crippen molar-refractivity contribution in [3.63, 3.8) is 0 Å². The van der Waals surface area contributed by atoms with E-state index in [1.54, 1.807) is 71.3 Å². The van der Waals surface area contributed by atoms with Crippen molar-refractivity contribution < 1.29 is 14.4 Å². The monoisotopic (exact) mass is 516 g/mol.